The number of hydrogen-bond acceptors (Lipinski definition) is 5. The molecule has 0 N–H and O–H groups in total. The molecule has 0 aliphatic rings. The Balaban J connectivity index is 0.00000184. The zero-order chi connectivity index (χ0) is 38.0. The number of furan rings is 1. The maximum Gasteiger partial charge on any atom is 0.238 e. The molecule has 12 rings (SSSR count). The van der Waals surface area contributed by atoms with Gasteiger partial charge in [0.2, 0.25) is 5.95 Å². The van der Waals surface area contributed by atoms with Crippen molar-refractivity contribution in [3.63, 3.8) is 0 Å². The van der Waals surface area contributed by atoms with Crippen molar-refractivity contribution in [3.8, 4) is 39.9 Å². The molecule has 0 bridgehead atoms. The quantitative estimate of drug-likeness (QED) is 0.180. The van der Waals surface area contributed by atoms with Gasteiger partial charge in [0.1, 0.15) is 11.2 Å². The van der Waals surface area contributed by atoms with Gasteiger partial charge < -0.3 is 4.42 Å². The van der Waals surface area contributed by atoms with E-state index >= 15 is 0 Å². The van der Waals surface area contributed by atoms with Crippen molar-refractivity contribution in [1.29, 1.82) is 0 Å². The highest BCUT2D eigenvalue weighted by Gasteiger charge is 2.21. The molecule has 0 unspecified atom stereocenters. The molecule has 0 spiro atoms. The van der Waals surface area contributed by atoms with Gasteiger partial charge in [-0.15, -0.1) is 11.3 Å². The number of nitrogens with zero attached hydrogens (tertiary/aromatic N) is 4. The summed E-state index contributed by atoms with van der Waals surface area (Å²) in [5, 5.41) is 9.54. The lowest BCUT2D eigenvalue weighted by atomic mass is 9.98. The second kappa shape index (κ2) is 13.3. The fraction of sp³-hybridized carbons (Fsp3) is 0.0392. The van der Waals surface area contributed by atoms with Gasteiger partial charge in [-0.3, -0.25) is 4.57 Å². The van der Waals surface area contributed by atoms with Gasteiger partial charge in [-0.1, -0.05) is 141 Å². The highest BCUT2D eigenvalue weighted by Crippen LogP contribution is 2.43. The van der Waals surface area contributed by atoms with Crippen molar-refractivity contribution in [2.75, 3.05) is 0 Å². The maximum absolute atomic E-state index is 6.31. The lowest BCUT2D eigenvalue weighted by molar-refractivity contribution is 0.669. The molecule has 5 nitrogen and oxygen atoms in total. The van der Waals surface area contributed by atoms with Crippen LogP contribution in [-0.2, 0) is 0 Å². The van der Waals surface area contributed by atoms with Gasteiger partial charge in [0.05, 0.1) is 11.0 Å². The minimum atomic E-state index is 0.556. The fourth-order valence-electron chi connectivity index (χ4n) is 8.35. The summed E-state index contributed by atoms with van der Waals surface area (Å²) in [5.41, 5.74) is 7.76. The van der Waals surface area contributed by atoms with Gasteiger partial charge in [-0.25, -0.2) is 4.98 Å². The van der Waals surface area contributed by atoms with Crippen molar-refractivity contribution in [2.24, 2.45) is 0 Å². The zero-order valence-corrected chi connectivity index (χ0v) is 32.1. The molecular formula is C51H34N4OS. The van der Waals surface area contributed by atoms with Gasteiger partial charge in [-0.05, 0) is 58.8 Å². The lowest BCUT2D eigenvalue weighted by Gasteiger charge is -2.13. The summed E-state index contributed by atoms with van der Waals surface area (Å²) >= 11 is 1.85. The van der Waals surface area contributed by atoms with Crippen LogP contribution in [0.15, 0.2) is 174 Å². The summed E-state index contributed by atoms with van der Waals surface area (Å²) in [4.78, 5) is 15.6. The largest absolute Gasteiger partial charge is 0.456 e. The normalized spacial score (nSPS) is 11.7. The van der Waals surface area contributed by atoms with Gasteiger partial charge in [-0.2, -0.15) is 9.97 Å². The number of para-hydroxylation sites is 3. The highest BCUT2D eigenvalue weighted by molar-refractivity contribution is 7.26. The van der Waals surface area contributed by atoms with E-state index in [0.717, 1.165) is 66.0 Å². The Kier molecular flexibility index (Phi) is 7.72. The Bertz CT molecular complexity index is 3500. The van der Waals surface area contributed by atoms with E-state index in [4.69, 9.17) is 19.4 Å². The second-order valence-corrected chi connectivity index (χ2v) is 15.1. The van der Waals surface area contributed by atoms with E-state index in [9.17, 15) is 0 Å². The molecule has 0 aliphatic heterocycles. The molecule has 0 fully saturated rings. The minimum absolute atomic E-state index is 0.556. The predicted octanol–water partition coefficient (Wildman–Crippen LogP) is 14.4. The van der Waals surface area contributed by atoms with Crippen LogP contribution in [-0.4, -0.2) is 19.5 Å². The Morgan fingerprint density at radius 2 is 1.14 bits per heavy atom. The van der Waals surface area contributed by atoms with Crippen LogP contribution >= 0.6 is 11.3 Å². The van der Waals surface area contributed by atoms with Crippen LogP contribution in [0.2, 0.25) is 0 Å². The first-order valence-electron chi connectivity index (χ1n) is 19.4. The first kappa shape index (κ1) is 33.2. The van der Waals surface area contributed by atoms with E-state index in [0.29, 0.717) is 17.6 Å². The van der Waals surface area contributed by atoms with Gasteiger partial charge in [0.25, 0.3) is 0 Å². The average molecular weight is 751 g/mol. The molecule has 6 heteroatoms. The van der Waals surface area contributed by atoms with Crippen LogP contribution in [0.4, 0.5) is 0 Å². The summed E-state index contributed by atoms with van der Waals surface area (Å²) in [6, 6.07) is 59.7. The molecule has 0 saturated carbocycles. The summed E-state index contributed by atoms with van der Waals surface area (Å²) in [6.45, 7) is 4.00. The van der Waals surface area contributed by atoms with Crippen LogP contribution in [0, 0.1) is 0 Å². The van der Waals surface area contributed by atoms with Crippen molar-refractivity contribution in [3.05, 3.63) is 170 Å². The topological polar surface area (TPSA) is 56.7 Å². The Labute approximate surface area is 332 Å². The molecule has 0 radical (unpaired) electrons. The molecule has 4 aromatic heterocycles. The minimum Gasteiger partial charge on any atom is -0.456 e. The summed E-state index contributed by atoms with van der Waals surface area (Å²) < 4.78 is 11.1. The predicted molar refractivity (Wildman–Crippen MR) is 239 cm³/mol. The van der Waals surface area contributed by atoms with Crippen LogP contribution in [0.5, 0.6) is 0 Å². The molecule has 4 heterocycles. The van der Waals surface area contributed by atoms with E-state index in [1.165, 1.54) is 30.9 Å². The third-order valence-corrected chi connectivity index (χ3v) is 12.0. The van der Waals surface area contributed by atoms with Crippen LogP contribution in [0.1, 0.15) is 13.8 Å². The number of benzene rings is 8. The smallest absolute Gasteiger partial charge is 0.238 e. The van der Waals surface area contributed by atoms with E-state index in [2.05, 4.69) is 120 Å². The highest BCUT2D eigenvalue weighted by atomic mass is 32.1. The van der Waals surface area contributed by atoms with Gasteiger partial charge in [0, 0.05) is 58.4 Å². The number of aromatic nitrogens is 4. The molecule has 0 aliphatic carbocycles. The van der Waals surface area contributed by atoms with Crippen LogP contribution < -0.4 is 0 Å². The van der Waals surface area contributed by atoms with Gasteiger partial charge >= 0.3 is 0 Å². The van der Waals surface area contributed by atoms with Crippen LogP contribution in [0.25, 0.3) is 115 Å². The third kappa shape index (κ3) is 5.25. The van der Waals surface area contributed by atoms with E-state index in [-0.39, 0.29) is 0 Å². The number of hydrogen-bond donors (Lipinski definition) is 0. The number of rotatable bonds is 4. The lowest BCUT2D eigenvalue weighted by Crippen LogP contribution is -2.07. The molecule has 0 amide bonds. The second-order valence-electron chi connectivity index (χ2n) is 14.0. The van der Waals surface area contributed by atoms with Crippen molar-refractivity contribution >= 4 is 86.0 Å². The average Bonchev–Trinajstić information content (AvgIpc) is 3.96. The standard InChI is InChI=1S/C49H28N4OS.C2H6/c1-2-12-30(13-3-1)47-50-48(32-21-24-37-36-16-7-9-20-41(36)54-42(37)28-32)52-49(51-47)53-40-19-8-6-15-35(40)38-18-10-17-34(46(38)53)31-23-25-43-39(27-31)45-33-14-5-4-11-29(33)22-26-44(45)55-43;1-2/h1-28H;1-2H3. The molecular weight excluding hydrogens is 717 g/mol. The van der Waals surface area contributed by atoms with Crippen molar-refractivity contribution < 1.29 is 4.42 Å². The third-order valence-electron chi connectivity index (χ3n) is 10.9. The molecule has 0 atom stereocenters. The first-order valence-corrected chi connectivity index (χ1v) is 20.2. The summed E-state index contributed by atoms with van der Waals surface area (Å²) in [5.74, 6) is 1.74. The number of fused-ring (bicyclic) bond motifs is 11. The molecule has 57 heavy (non-hydrogen) atoms. The molecule has 270 valence electrons. The van der Waals surface area contributed by atoms with E-state index < -0.39 is 0 Å². The molecule has 0 saturated heterocycles. The van der Waals surface area contributed by atoms with Gasteiger partial charge in [0.15, 0.2) is 11.6 Å². The summed E-state index contributed by atoms with van der Waals surface area (Å²) in [7, 11) is 0. The number of thiophene rings is 1. The van der Waals surface area contributed by atoms with Crippen LogP contribution in [0.3, 0.4) is 0 Å². The Morgan fingerprint density at radius 3 is 2.02 bits per heavy atom. The molecule has 8 aromatic carbocycles. The first-order chi connectivity index (χ1) is 28.2. The van der Waals surface area contributed by atoms with E-state index in [1.54, 1.807) is 0 Å². The Morgan fingerprint density at radius 1 is 0.456 bits per heavy atom. The molecule has 12 aromatic rings. The SMILES string of the molecule is CC.c1ccc(-c2nc(-c3ccc4c(c3)oc3ccccc34)nc(-n3c4ccccc4c4cccc(-c5ccc6sc7ccc8ccccc8c7c6c5)c43)n2)cc1. The van der Waals surface area contributed by atoms with E-state index in [1.807, 2.05) is 79.8 Å². The zero-order valence-electron chi connectivity index (χ0n) is 31.3. The Hall–Kier alpha value is -7.15. The fourth-order valence-corrected chi connectivity index (χ4v) is 9.45. The monoisotopic (exact) mass is 750 g/mol. The van der Waals surface area contributed by atoms with Crippen molar-refractivity contribution in [2.45, 2.75) is 13.8 Å². The summed E-state index contributed by atoms with van der Waals surface area (Å²) in [6.07, 6.45) is 0. The maximum atomic E-state index is 6.31. The van der Waals surface area contributed by atoms with Crippen molar-refractivity contribution in [1.82, 2.24) is 19.5 Å².